The average Bonchev–Trinajstić information content (AvgIpc) is 3.62. The van der Waals surface area contributed by atoms with Crippen LogP contribution in [0.1, 0.15) is 56.4 Å². The maximum absolute atomic E-state index is 5.26. The maximum Gasteiger partial charge on any atom is 0.160 e. The first-order valence-electron chi connectivity index (χ1n) is 17.9. The number of para-hydroxylation sites is 2. The Labute approximate surface area is 292 Å². The summed E-state index contributed by atoms with van der Waals surface area (Å²) in [7, 11) is 0. The van der Waals surface area contributed by atoms with Crippen LogP contribution in [0.15, 0.2) is 151 Å². The van der Waals surface area contributed by atoms with Gasteiger partial charge in [-0.1, -0.05) is 105 Å². The zero-order valence-electron chi connectivity index (χ0n) is 28.4. The number of aromatic nitrogens is 3. The predicted octanol–water partition coefficient (Wildman–Crippen LogP) is 12.1. The largest absolute Gasteiger partial charge is 0.309 e. The van der Waals surface area contributed by atoms with Crippen LogP contribution in [0, 0.1) is 0 Å². The van der Waals surface area contributed by atoms with Crippen LogP contribution >= 0.6 is 0 Å². The monoisotopic (exact) mass is 643 g/mol. The molecule has 0 bridgehead atoms. The molecule has 0 saturated carbocycles. The van der Waals surface area contributed by atoms with Crippen molar-refractivity contribution in [2.75, 3.05) is 0 Å². The Balaban J connectivity index is 1.08. The summed E-state index contributed by atoms with van der Waals surface area (Å²) in [5.41, 5.74) is 16.2. The van der Waals surface area contributed by atoms with Crippen molar-refractivity contribution in [2.24, 2.45) is 0 Å². The summed E-state index contributed by atoms with van der Waals surface area (Å²) in [5, 5.41) is 3.67. The molecule has 3 heteroatoms. The number of benzene rings is 5. The van der Waals surface area contributed by atoms with E-state index in [1.165, 1.54) is 60.8 Å². The number of fused-ring (bicyclic) bond motifs is 7. The summed E-state index contributed by atoms with van der Waals surface area (Å²) in [4.78, 5) is 10.3. The Hall–Kier alpha value is -5.80. The normalized spacial score (nSPS) is 16.3. The van der Waals surface area contributed by atoms with Crippen molar-refractivity contribution >= 4 is 38.3 Å². The number of hydrogen-bond donors (Lipinski definition) is 0. The second-order valence-electron chi connectivity index (χ2n) is 14.4. The molecule has 240 valence electrons. The molecule has 0 atom stereocenters. The van der Waals surface area contributed by atoms with E-state index in [1.807, 2.05) is 0 Å². The van der Waals surface area contributed by atoms with Crippen LogP contribution in [0.4, 0.5) is 0 Å². The molecule has 3 aliphatic rings. The summed E-state index contributed by atoms with van der Waals surface area (Å²) >= 11 is 0. The third kappa shape index (κ3) is 4.43. The lowest BCUT2D eigenvalue weighted by molar-refractivity contribution is 0.661. The molecule has 0 aliphatic heterocycles. The SMILES string of the molecule is CC1(C)c2ccccc2-c2cc3c4ccccc4n(-c4ccc(-c5nc(C6=CC=C(C7=CC=CCC7)CC6)c6ccccc6n5)cc4)c3cc21. The number of rotatable bonds is 4. The molecule has 0 saturated heterocycles. The quantitative estimate of drug-likeness (QED) is 0.191. The lowest BCUT2D eigenvalue weighted by Gasteiger charge is -2.21. The van der Waals surface area contributed by atoms with Crippen LogP contribution in [-0.4, -0.2) is 14.5 Å². The molecule has 0 N–H and O–H groups in total. The van der Waals surface area contributed by atoms with E-state index >= 15 is 0 Å². The lowest BCUT2D eigenvalue weighted by Crippen LogP contribution is -2.14. The molecule has 10 rings (SSSR count). The van der Waals surface area contributed by atoms with Gasteiger partial charge in [-0.2, -0.15) is 0 Å². The van der Waals surface area contributed by atoms with E-state index in [9.17, 15) is 0 Å². The van der Waals surface area contributed by atoms with Gasteiger partial charge in [-0.25, -0.2) is 9.97 Å². The number of hydrogen-bond acceptors (Lipinski definition) is 2. The summed E-state index contributed by atoms with van der Waals surface area (Å²) < 4.78 is 2.43. The van der Waals surface area contributed by atoms with Gasteiger partial charge in [0.25, 0.3) is 0 Å². The van der Waals surface area contributed by atoms with Crippen LogP contribution < -0.4 is 0 Å². The van der Waals surface area contributed by atoms with Crippen molar-refractivity contribution in [3.63, 3.8) is 0 Å². The highest BCUT2D eigenvalue weighted by Gasteiger charge is 2.36. The molecule has 50 heavy (non-hydrogen) atoms. The van der Waals surface area contributed by atoms with E-state index in [4.69, 9.17) is 9.97 Å². The molecule has 7 aromatic rings. The van der Waals surface area contributed by atoms with Gasteiger partial charge in [0.05, 0.1) is 22.2 Å². The molecule has 5 aromatic carbocycles. The van der Waals surface area contributed by atoms with Crippen molar-refractivity contribution in [1.82, 2.24) is 14.5 Å². The van der Waals surface area contributed by atoms with Crippen molar-refractivity contribution < 1.29 is 0 Å². The Morgan fingerprint density at radius 2 is 1.32 bits per heavy atom. The molecule has 3 nitrogen and oxygen atoms in total. The number of allylic oxidation sites excluding steroid dienone is 8. The molecular formula is C47H37N3. The standard InChI is InChI=1S/C47H37N3/c1-47(2)40-17-9-6-14-35(40)38-28-39-36-15-8-11-19-43(36)50(44(39)29-41(38)47)34-26-24-33(25-27-34)46-48-42-18-10-7-16-37(42)45(49-46)32-22-20-31(21-23-32)30-12-4-3-5-13-30/h3-4,6-12,14-20,22,24-29H,5,13,21,23H2,1-2H3. The minimum Gasteiger partial charge on any atom is -0.309 e. The van der Waals surface area contributed by atoms with Gasteiger partial charge in [-0.05, 0) is 113 Å². The fourth-order valence-electron chi connectivity index (χ4n) is 8.62. The molecule has 0 fully saturated rings. The second kappa shape index (κ2) is 11.1. The molecule has 2 aromatic heterocycles. The van der Waals surface area contributed by atoms with Crippen molar-refractivity contribution in [3.05, 3.63) is 168 Å². The van der Waals surface area contributed by atoms with Crippen LogP contribution in [0.5, 0.6) is 0 Å². The minimum absolute atomic E-state index is 0.0635. The zero-order valence-corrected chi connectivity index (χ0v) is 28.4. The smallest absolute Gasteiger partial charge is 0.160 e. The third-order valence-corrected chi connectivity index (χ3v) is 11.2. The molecular weight excluding hydrogens is 607 g/mol. The Morgan fingerprint density at radius 3 is 2.14 bits per heavy atom. The summed E-state index contributed by atoms with van der Waals surface area (Å²) in [6, 6.07) is 39.8. The highest BCUT2D eigenvalue weighted by Crippen LogP contribution is 2.51. The van der Waals surface area contributed by atoms with Gasteiger partial charge in [-0.15, -0.1) is 0 Å². The van der Waals surface area contributed by atoms with Crippen LogP contribution in [0.3, 0.4) is 0 Å². The van der Waals surface area contributed by atoms with E-state index in [2.05, 4.69) is 158 Å². The molecule has 0 radical (unpaired) electrons. The van der Waals surface area contributed by atoms with Gasteiger partial charge >= 0.3 is 0 Å². The molecule has 3 aliphatic carbocycles. The fraction of sp³-hybridized carbons (Fsp3) is 0.149. The minimum atomic E-state index is -0.0635. The van der Waals surface area contributed by atoms with E-state index in [0.717, 1.165) is 59.4 Å². The van der Waals surface area contributed by atoms with E-state index in [0.29, 0.717) is 0 Å². The first-order valence-corrected chi connectivity index (χ1v) is 17.9. The Bertz CT molecular complexity index is 2660. The van der Waals surface area contributed by atoms with Gasteiger partial charge in [0.15, 0.2) is 5.82 Å². The first kappa shape index (κ1) is 29.1. The van der Waals surface area contributed by atoms with E-state index in [-0.39, 0.29) is 5.41 Å². The molecule has 2 heterocycles. The Kier molecular flexibility index (Phi) is 6.48. The third-order valence-electron chi connectivity index (χ3n) is 11.2. The molecule has 0 amide bonds. The van der Waals surface area contributed by atoms with Gasteiger partial charge in [-0.3, -0.25) is 0 Å². The summed E-state index contributed by atoms with van der Waals surface area (Å²) in [6.45, 7) is 4.71. The van der Waals surface area contributed by atoms with Crippen LogP contribution in [0.2, 0.25) is 0 Å². The predicted molar refractivity (Wildman–Crippen MR) is 209 cm³/mol. The summed E-state index contributed by atoms with van der Waals surface area (Å²) in [5.74, 6) is 0.764. The van der Waals surface area contributed by atoms with Gasteiger partial charge in [0.1, 0.15) is 0 Å². The highest BCUT2D eigenvalue weighted by atomic mass is 15.0. The van der Waals surface area contributed by atoms with Gasteiger partial charge in [0.2, 0.25) is 0 Å². The Morgan fingerprint density at radius 1 is 0.580 bits per heavy atom. The van der Waals surface area contributed by atoms with Crippen LogP contribution in [0.25, 0.3) is 66.5 Å². The highest BCUT2D eigenvalue weighted by molar-refractivity contribution is 6.11. The van der Waals surface area contributed by atoms with Crippen molar-refractivity contribution in [1.29, 1.82) is 0 Å². The lowest BCUT2D eigenvalue weighted by atomic mass is 9.82. The summed E-state index contributed by atoms with van der Waals surface area (Å²) in [6.07, 6.45) is 15.6. The second-order valence-corrected chi connectivity index (χ2v) is 14.4. The first-order chi connectivity index (χ1) is 24.5. The zero-order chi connectivity index (χ0) is 33.4. The van der Waals surface area contributed by atoms with Gasteiger partial charge < -0.3 is 4.57 Å². The average molecular weight is 644 g/mol. The maximum atomic E-state index is 5.26. The van der Waals surface area contributed by atoms with Crippen molar-refractivity contribution in [2.45, 2.75) is 44.9 Å². The van der Waals surface area contributed by atoms with Crippen LogP contribution in [-0.2, 0) is 5.41 Å². The molecule has 0 unspecified atom stereocenters. The van der Waals surface area contributed by atoms with Crippen molar-refractivity contribution in [3.8, 4) is 28.2 Å². The van der Waals surface area contributed by atoms with E-state index < -0.39 is 0 Å². The topological polar surface area (TPSA) is 30.7 Å². The van der Waals surface area contributed by atoms with E-state index in [1.54, 1.807) is 0 Å². The molecule has 0 spiro atoms. The number of nitrogens with zero attached hydrogens (tertiary/aromatic N) is 3. The fourth-order valence-corrected chi connectivity index (χ4v) is 8.62. The van der Waals surface area contributed by atoms with Gasteiger partial charge in [0, 0.05) is 32.8 Å².